The van der Waals surface area contributed by atoms with Gasteiger partial charge in [-0.05, 0) is 31.7 Å². The van der Waals surface area contributed by atoms with Crippen LogP contribution < -0.4 is 5.32 Å². The highest BCUT2D eigenvalue weighted by Crippen LogP contribution is 2.16. The highest BCUT2D eigenvalue weighted by atomic mass is 14.9. The van der Waals surface area contributed by atoms with Crippen molar-refractivity contribution in [3.63, 3.8) is 0 Å². The normalized spacial score (nSPS) is 16.2. The molecule has 0 spiro atoms. The summed E-state index contributed by atoms with van der Waals surface area (Å²) in [5, 5.41) is 3.39. The van der Waals surface area contributed by atoms with Crippen LogP contribution in [-0.4, -0.2) is 13.1 Å². The third-order valence-electron chi connectivity index (χ3n) is 2.94. The molecule has 0 saturated heterocycles. The molecule has 0 aromatic rings. The van der Waals surface area contributed by atoms with Crippen LogP contribution in [0.1, 0.15) is 53.4 Å². The molecule has 0 bridgehead atoms. The molecule has 0 saturated carbocycles. The first-order valence-electron chi connectivity index (χ1n) is 5.79. The molecule has 0 aliphatic rings. The van der Waals surface area contributed by atoms with Crippen LogP contribution in [0.2, 0.25) is 0 Å². The molecule has 0 aromatic carbocycles. The number of hydrogen-bond donors (Lipinski definition) is 1. The summed E-state index contributed by atoms with van der Waals surface area (Å²) in [6.45, 7) is 9.24. The van der Waals surface area contributed by atoms with E-state index in [0.29, 0.717) is 6.04 Å². The molecule has 0 fully saturated rings. The summed E-state index contributed by atoms with van der Waals surface area (Å²) in [5.74, 6) is 1.69. The molecule has 0 rings (SSSR count). The van der Waals surface area contributed by atoms with Gasteiger partial charge in [0, 0.05) is 6.04 Å². The molecule has 2 atom stereocenters. The van der Waals surface area contributed by atoms with Gasteiger partial charge in [-0.1, -0.05) is 40.5 Å². The Labute approximate surface area is 84.3 Å². The lowest BCUT2D eigenvalue weighted by atomic mass is 9.92. The lowest BCUT2D eigenvalue weighted by Crippen LogP contribution is -2.31. The fourth-order valence-corrected chi connectivity index (χ4v) is 1.94. The van der Waals surface area contributed by atoms with Gasteiger partial charge in [0.25, 0.3) is 0 Å². The van der Waals surface area contributed by atoms with Crippen molar-refractivity contribution in [2.45, 2.75) is 59.4 Å². The van der Waals surface area contributed by atoms with E-state index in [2.05, 4.69) is 40.1 Å². The van der Waals surface area contributed by atoms with Gasteiger partial charge in [-0.15, -0.1) is 0 Å². The molecule has 0 aliphatic carbocycles. The predicted octanol–water partition coefficient (Wildman–Crippen LogP) is 3.45. The molecule has 2 unspecified atom stereocenters. The van der Waals surface area contributed by atoms with Crippen LogP contribution in [0.5, 0.6) is 0 Å². The van der Waals surface area contributed by atoms with Crippen LogP contribution >= 0.6 is 0 Å². The molecule has 1 nitrogen and oxygen atoms in total. The fraction of sp³-hybridized carbons (Fsp3) is 1.00. The van der Waals surface area contributed by atoms with Crippen LogP contribution in [0.3, 0.4) is 0 Å². The van der Waals surface area contributed by atoms with E-state index in [-0.39, 0.29) is 0 Å². The van der Waals surface area contributed by atoms with Gasteiger partial charge in [0.1, 0.15) is 0 Å². The second-order valence-electron chi connectivity index (χ2n) is 4.61. The molecule has 0 radical (unpaired) electrons. The Morgan fingerprint density at radius 1 is 1.08 bits per heavy atom. The zero-order chi connectivity index (χ0) is 10.3. The monoisotopic (exact) mass is 185 g/mol. The van der Waals surface area contributed by atoms with Crippen molar-refractivity contribution in [2.75, 3.05) is 7.05 Å². The van der Waals surface area contributed by atoms with Crippen molar-refractivity contribution < 1.29 is 0 Å². The van der Waals surface area contributed by atoms with Crippen molar-refractivity contribution in [1.29, 1.82) is 0 Å². The molecule has 80 valence electrons. The van der Waals surface area contributed by atoms with Gasteiger partial charge in [0.15, 0.2) is 0 Å². The van der Waals surface area contributed by atoms with Crippen molar-refractivity contribution in [3.8, 4) is 0 Å². The molecule has 0 aliphatic heterocycles. The fourth-order valence-electron chi connectivity index (χ4n) is 1.94. The lowest BCUT2D eigenvalue weighted by Gasteiger charge is -2.22. The molecule has 0 amide bonds. The summed E-state index contributed by atoms with van der Waals surface area (Å²) in [6, 6.07) is 0.715. The summed E-state index contributed by atoms with van der Waals surface area (Å²) in [4.78, 5) is 0. The van der Waals surface area contributed by atoms with Crippen LogP contribution in [0, 0.1) is 11.8 Å². The molecule has 1 heteroatoms. The van der Waals surface area contributed by atoms with Crippen molar-refractivity contribution in [3.05, 3.63) is 0 Å². The van der Waals surface area contributed by atoms with Crippen molar-refractivity contribution in [1.82, 2.24) is 5.32 Å². The molecular formula is C12H27N. The minimum absolute atomic E-state index is 0.715. The summed E-state index contributed by atoms with van der Waals surface area (Å²) in [7, 11) is 2.08. The standard InChI is InChI=1S/C12H27N/c1-6-12(13-5)11(4)9-7-8-10(2)3/h10-13H,6-9H2,1-5H3. The summed E-state index contributed by atoms with van der Waals surface area (Å²) in [6.07, 6.45) is 5.39. The average molecular weight is 185 g/mol. The van der Waals surface area contributed by atoms with Gasteiger partial charge >= 0.3 is 0 Å². The third kappa shape index (κ3) is 6.09. The first-order valence-corrected chi connectivity index (χ1v) is 5.79. The second kappa shape index (κ2) is 7.37. The summed E-state index contributed by atoms with van der Waals surface area (Å²) in [5.41, 5.74) is 0. The van der Waals surface area contributed by atoms with Gasteiger partial charge in [-0.3, -0.25) is 0 Å². The zero-order valence-corrected chi connectivity index (χ0v) is 10.1. The highest BCUT2D eigenvalue weighted by molar-refractivity contribution is 4.69. The van der Waals surface area contributed by atoms with E-state index >= 15 is 0 Å². The lowest BCUT2D eigenvalue weighted by molar-refractivity contribution is 0.349. The minimum atomic E-state index is 0.715. The van der Waals surface area contributed by atoms with E-state index < -0.39 is 0 Å². The smallest absolute Gasteiger partial charge is 0.00870 e. The Bertz CT molecular complexity index is 106. The SMILES string of the molecule is CCC(NC)C(C)CCCC(C)C. The van der Waals surface area contributed by atoms with Gasteiger partial charge < -0.3 is 5.32 Å². The van der Waals surface area contributed by atoms with E-state index in [9.17, 15) is 0 Å². The van der Waals surface area contributed by atoms with E-state index in [1.165, 1.54) is 25.7 Å². The Kier molecular flexibility index (Phi) is 7.35. The quantitative estimate of drug-likeness (QED) is 0.640. The molecule has 0 aromatic heterocycles. The first kappa shape index (κ1) is 13.0. The van der Waals surface area contributed by atoms with Gasteiger partial charge in [0.05, 0.1) is 0 Å². The topological polar surface area (TPSA) is 12.0 Å². The average Bonchev–Trinajstić information content (AvgIpc) is 2.05. The Morgan fingerprint density at radius 2 is 1.69 bits per heavy atom. The largest absolute Gasteiger partial charge is 0.317 e. The molecule has 13 heavy (non-hydrogen) atoms. The molecule has 0 heterocycles. The minimum Gasteiger partial charge on any atom is -0.317 e. The highest BCUT2D eigenvalue weighted by Gasteiger charge is 2.12. The van der Waals surface area contributed by atoms with Gasteiger partial charge in [0.2, 0.25) is 0 Å². The van der Waals surface area contributed by atoms with Crippen LogP contribution in [-0.2, 0) is 0 Å². The van der Waals surface area contributed by atoms with Crippen LogP contribution in [0.25, 0.3) is 0 Å². The Balaban J connectivity index is 3.53. The summed E-state index contributed by atoms with van der Waals surface area (Å²) < 4.78 is 0. The van der Waals surface area contributed by atoms with Crippen molar-refractivity contribution >= 4 is 0 Å². The van der Waals surface area contributed by atoms with Crippen molar-refractivity contribution in [2.24, 2.45) is 11.8 Å². The summed E-state index contributed by atoms with van der Waals surface area (Å²) >= 11 is 0. The van der Waals surface area contributed by atoms with E-state index in [4.69, 9.17) is 0 Å². The Hall–Kier alpha value is -0.0400. The van der Waals surface area contributed by atoms with Crippen LogP contribution in [0.15, 0.2) is 0 Å². The van der Waals surface area contributed by atoms with E-state index in [0.717, 1.165) is 11.8 Å². The van der Waals surface area contributed by atoms with Gasteiger partial charge in [-0.2, -0.15) is 0 Å². The zero-order valence-electron chi connectivity index (χ0n) is 10.1. The maximum Gasteiger partial charge on any atom is 0.00870 e. The molecule has 1 N–H and O–H groups in total. The van der Waals surface area contributed by atoms with Crippen LogP contribution in [0.4, 0.5) is 0 Å². The predicted molar refractivity (Wildman–Crippen MR) is 61.0 cm³/mol. The second-order valence-corrected chi connectivity index (χ2v) is 4.61. The third-order valence-corrected chi connectivity index (χ3v) is 2.94. The van der Waals surface area contributed by atoms with E-state index in [1.807, 2.05) is 0 Å². The van der Waals surface area contributed by atoms with Gasteiger partial charge in [-0.25, -0.2) is 0 Å². The number of rotatable bonds is 7. The molecular weight excluding hydrogens is 158 g/mol. The van der Waals surface area contributed by atoms with E-state index in [1.54, 1.807) is 0 Å². The number of hydrogen-bond acceptors (Lipinski definition) is 1. The maximum absolute atomic E-state index is 3.39. The number of nitrogens with one attached hydrogen (secondary N) is 1. The first-order chi connectivity index (χ1) is 6.11. The maximum atomic E-state index is 3.39. The Morgan fingerprint density at radius 3 is 2.08 bits per heavy atom.